The van der Waals surface area contributed by atoms with Crippen LogP contribution in [0.25, 0.3) is 0 Å². The molecule has 1 aromatic carbocycles. The monoisotopic (exact) mass is 423 g/mol. The molecule has 2 heterocycles. The molecule has 162 valence electrons. The lowest BCUT2D eigenvalue weighted by Crippen LogP contribution is -2.40. The third-order valence-electron chi connectivity index (χ3n) is 5.59. The first-order valence-electron chi connectivity index (χ1n) is 10.5. The van der Waals surface area contributed by atoms with E-state index in [0.717, 1.165) is 37.9 Å². The van der Waals surface area contributed by atoms with Crippen LogP contribution in [0.5, 0.6) is 0 Å². The zero-order chi connectivity index (χ0) is 20.9. The maximum Gasteiger partial charge on any atom is 0.251 e. The van der Waals surface area contributed by atoms with Gasteiger partial charge in [-0.1, -0.05) is 19.9 Å². The molecule has 2 aliphatic rings. The van der Waals surface area contributed by atoms with Gasteiger partial charge in [-0.15, -0.1) is 0 Å². The molecule has 0 aliphatic carbocycles. The largest absolute Gasteiger partial charge is 0.379 e. The number of nitrogens with one attached hydrogen (secondary N) is 1. The minimum Gasteiger partial charge on any atom is -0.379 e. The molecule has 29 heavy (non-hydrogen) atoms. The van der Waals surface area contributed by atoms with Gasteiger partial charge in [-0.2, -0.15) is 4.31 Å². The highest BCUT2D eigenvalue weighted by molar-refractivity contribution is 7.89. The molecule has 1 amide bonds. The Balaban J connectivity index is 1.51. The number of benzene rings is 1. The topological polar surface area (TPSA) is 79.0 Å². The average Bonchev–Trinajstić information content (AvgIpc) is 2.71. The fourth-order valence-corrected chi connectivity index (χ4v) is 5.77. The SMILES string of the molecule is C[C@H]1C[C@H](C)CN(CCCNC(=O)c2cccc(S(=O)(=O)N3CCOCC3)c2)C1. The molecule has 0 bridgehead atoms. The first-order valence-corrected chi connectivity index (χ1v) is 12.0. The quantitative estimate of drug-likeness (QED) is 0.677. The van der Waals surface area contributed by atoms with Gasteiger partial charge in [0.05, 0.1) is 18.1 Å². The number of likely N-dealkylation sites (tertiary alicyclic amines) is 1. The Morgan fingerprint density at radius 3 is 2.55 bits per heavy atom. The van der Waals surface area contributed by atoms with Gasteiger partial charge in [0.2, 0.25) is 10.0 Å². The van der Waals surface area contributed by atoms with Gasteiger partial charge >= 0.3 is 0 Å². The van der Waals surface area contributed by atoms with Gasteiger partial charge in [-0.3, -0.25) is 4.79 Å². The summed E-state index contributed by atoms with van der Waals surface area (Å²) >= 11 is 0. The van der Waals surface area contributed by atoms with E-state index in [0.29, 0.717) is 38.4 Å². The summed E-state index contributed by atoms with van der Waals surface area (Å²) in [6.45, 7) is 9.87. The van der Waals surface area contributed by atoms with E-state index in [1.807, 2.05) is 0 Å². The summed E-state index contributed by atoms with van der Waals surface area (Å²) in [5.41, 5.74) is 0.375. The van der Waals surface area contributed by atoms with Gasteiger partial charge in [0.25, 0.3) is 5.91 Å². The third kappa shape index (κ3) is 6.01. The second-order valence-electron chi connectivity index (χ2n) is 8.36. The van der Waals surface area contributed by atoms with Crippen molar-refractivity contribution < 1.29 is 17.9 Å². The Labute approximate surface area is 174 Å². The molecular formula is C21H33N3O4S. The predicted octanol–water partition coefficient (Wildman–Crippen LogP) is 1.81. The van der Waals surface area contributed by atoms with E-state index in [-0.39, 0.29) is 10.8 Å². The van der Waals surface area contributed by atoms with Crippen molar-refractivity contribution >= 4 is 15.9 Å². The Morgan fingerprint density at radius 1 is 1.17 bits per heavy atom. The number of sulfonamides is 1. The number of hydrogen-bond acceptors (Lipinski definition) is 5. The first-order chi connectivity index (χ1) is 13.9. The van der Waals surface area contributed by atoms with Crippen LogP contribution in [0.2, 0.25) is 0 Å². The molecular weight excluding hydrogens is 390 g/mol. The Hall–Kier alpha value is -1.48. The number of ether oxygens (including phenoxy) is 1. The number of carbonyl (C=O) groups is 1. The molecule has 1 N–H and O–H groups in total. The average molecular weight is 424 g/mol. The van der Waals surface area contributed by atoms with E-state index in [1.165, 1.54) is 16.8 Å². The van der Waals surface area contributed by atoms with Crippen LogP contribution in [-0.4, -0.2) is 76.0 Å². The van der Waals surface area contributed by atoms with E-state index in [1.54, 1.807) is 18.2 Å². The molecule has 0 aromatic heterocycles. The lowest BCUT2D eigenvalue weighted by atomic mass is 9.92. The Bertz CT molecular complexity index is 783. The van der Waals surface area contributed by atoms with Gasteiger partial charge < -0.3 is 15.0 Å². The van der Waals surface area contributed by atoms with Crippen LogP contribution >= 0.6 is 0 Å². The number of morpholine rings is 1. The van der Waals surface area contributed by atoms with Crippen LogP contribution in [0.3, 0.4) is 0 Å². The van der Waals surface area contributed by atoms with Gasteiger partial charge in [0.1, 0.15) is 0 Å². The van der Waals surface area contributed by atoms with Crippen LogP contribution in [0, 0.1) is 11.8 Å². The number of amides is 1. The number of carbonyl (C=O) groups excluding carboxylic acids is 1. The maximum atomic E-state index is 12.8. The minimum atomic E-state index is -3.60. The summed E-state index contributed by atoms with van der Waals surface area (Å²) in [5.74, 6) is 1.22. The second kappa shape index (κ2) is 10.0. The van der Waals surface area contributed by atoms with Crippen LogP contribution < -0.4 is 5.32 Å². The zero-order valence-electron chi connectivity index (χ0n) is 17.5. The zero-order valence-corrected chi connectivity index (χ0v) is 18.3. The molecule has 0 saturated carbocycles. The summed E-state index contributed by atoms with van der Waals surface area (Å²) in [7, 11) is -3.60. The summed E-state index contributed by atoms with van der Waals surface area (Å²) in [5, 5.41) is 2.93. The Morgan fingerprint density at radius 2 is 1.86 bits per heavy atom. The number of rotatable bonds is 7. The fraction of sp³-hybridized carbons (Fsp3) is 0.667. The van der Waals surface area contributed by atoms with Crippen LogP contribution in [0.4, 0.5) is 0 Å². The highest BCUT2D eigenvalue weighted by atomic mass is 32.2. The Kier molecular flexibility index (Phi) is 7.67. The lowest BCUT2D eigenvalue weighted by Gasteiger charge is -2.34. The van der Waals surface area contributed by atoms with E-state index in [9.17, 15) is 13.2 Å². The van der Waals surface area contributed by atoms with Gasteiger partial charge in [-0.25, -0.2) is 8.42 Å². The standard InChI is InChI=1S/C21H33N3O4S/c1-17-13-18(2)16-23(15-17)8-4-7-22-21(25)19-5-3-6-20(14-19)29(26,27)24-9-11-28-12-10-24/h3,5-6,14,17-18H,4,7-13,15-16H2,1-2H3,(H,22,25)/t17-,18-/m0/s1. The molecule has 0 unspecified atom stereocenters. The second-order valence-corrected chi connectivity index (χ2v) is 10.3. The molecule has 7 nitrogen and oxygen atoms in total. The van der Waals surface area contributed by atoms with E-state index >= 15 is 0 Å². The summed E-state index contributed by atoms with van der Waals surface area (Å²) in [6, 6.07) is 6.29. The molecule has 2 fully saturated rings. The molecule has 1 aromatic rings. The summed E-state index contributed by atoms with van der Waals surface area (Å²) < 4.78 is 32.2. The third-order valence-corrected chi connectivity index (χ3v) is 7.48. The van der Waals surface area contributed by atoms with Crippen molar-refractivity contribution in [1.29, 1.82) is 0 Å². The minimum absolute atomic E-state index is 0.156. The van der Waals surface area contributed by atoms with Gasteiger partial charge in [0, 0.05) is 38.3 Å². The van der Waals surface area contributed by atoms with Crippen LogP contribution in [0.1, 0.15) is 37.0 Å². The smallest absolute Gasteiger partial charge is 0.251 e. The first kappa shape index (κ1) is 22.2. The lowest BCUT2D eigenvalue weighted by molar-refractivity contribution is 0.0730. The van der Waals surface area contributed by atoms with Crippen molar-refractivity contribution in [3.05, 3.63) is 29.8 Å². The molecule has 2 aliphatic heterocycles. The van der Waals surface area contributed by atoms with Crippen molar-refractivity contribution in [1.82, 2.24) is 14.5 Å². The van der Waals surface area contributed by atoms with Crippen molar-refractivity contribution in [3.8, 4) is 0 Å². The maximum absolute atomic E-state index is 12.8. The molecule has 8 heteroatoms. The van der Waals surface area contributed by atoms with Crippen molar-refractivity contribution in [3.63, 3.8) is 0 Å². The van der Waals surface area contributed by atoms with E-state index in [2.05, 4.69) is 24.1 Å². The van der Waals surface area contributed by atoms with Crippen molar-refractivity contribution in [2.75, 3.05) is 52.5 Å². The predicted molar refractivity (Wildman–Crippen MR) is 112 cm³/mol. The molecule has 3 rings (SSSR count). The van der Waals surface area contributed by atoms with Gasteiger partial charge in [-0.05, 0) is 49.4 Å². The van der Waals surface area contributed by atoms with Crippen molar-refractivity contribution in [2.45, 2.75) is 31.6 Å². The van der Waals surface area contributed by atoms with E-state index < -0.39 is 10.0 Å². The highest BCUT2D eigenvalue weighted by Crippen LogP contribution is 2.21. The van der Waals surface area contributed by atoms with E-state index in [4.69, 9.17) is 4.74 Å². The summed E-state index contributed by atoms with van der Waals surface area (Å²) in [6.07, 6.45) is 2.17. The van der Waals surface area contributed by atoms with Gasteiger partial charge in [0.15, 0.2) is 0 Å². The molecule has 2 saturated heterocycles. The van der Waals surface area contributed by atoms with Crippen LogP contribution in [-0.2, 0) is 14.8 Å². The molecule has 0 spiro atoms. The fourth-order valence-electron chi connectivity index (χ4n) is 4.32. The van der Waals surface area contributed by atoms with Crippen molar-refractivity contribution in [2.24, 2.45) is 11.8 Å². The summed E-state index contributed by atoms with van der Waals surface area (Å²) in [4.78, 5) is 15.1. The highest BCUT2D eigenvalue weighted by Gasteiger charge is 2.27. The number of nitrogens with zero attached hydrogens (tertiary/aromatic N) is 2. The number of hydrogen-bond donors (Lipinski definition) is 1. The number of piperidine rings is 1. The normalized spacial score (nSPS) is 24.3. The molecule has 2 atom stereocenters. The van der Waals surface area contributed by atoms with Crippen LogP contribution in [0.15, 0.2) is 29.2 Å². The molecule has 0 radical (unpaired) electrons.